The third-order valence-corrected chi connectivity index (χ3v) is 0. The Bertz CT molecular complexity index is 7.01. The Morgan fingerprint density at radius 3 is 0.0417 bits per heavy atom. The average Bonchev–Trinajstić information content (AvgIpc) is 0. The van der Waals surface area contributed by atoms with E-state index in [2.05, 4.69) is 0 Å². The molecule has 0 aliphatic carbocycles. The van der Waals surface area contributed by atoms with E-state index in [1.54, 1.807) is 0 Å². The minimum atomic E-state index is 0. The van der Waals surface area contributed by atoms with E-state index in [9.17, 15) is 0 Å². The maximum absolute atomic E-state index is 0. The van der Waals surface area contributed by atoms with Crippen LogP contribution in [-0.4, -0.2) is 282 Å². The first-order valence-corrected chi connectivity index (χ1v) is 0. The van der Waals surface area contributed by atoms with Gasteiger partial charge in [-0.25, -0.2) is 0 Å². The molecular formula is H97O47Sb. The van der Waals surface area contributed by atoms with Gasteiger partial charge in [0.2, 0.25) is 0 Å². The topological polar surface area (TPSA) is 1480 Å². The summed E-state index contributed by atoms with van der Waals surface area (Å²) >= 11 is 0. The second-order valence-corrected chi connectivity index (χ2v) is 0. The Hall–Kier alpha value is -1.06. The number of hydrogen-bond donors (Lipinski definition) is 0. The molecule has 384 valence electrons. The molecule has 0 bridgehead atoms. The van der Waals surface area contributed by atoms with Crippen LogP contribution < -0.4 is 0 Å². The van der Waals surface area contributed by atoms with Crippen LogP contribution >= 0.6 is 0 Å². The zero-order chi connectivity index (χ0) is 0. The second-order valence-electron chi connectivity index (χ2n) is 0. The summed E-state index contributed by atoms with van der Waals surface area (Å²) in [5, 5.41) is 0. The van der Waals surface area contributed by atoms with Crippen LogP contribution in [0, 0.1) is 0 Å². The Morgan fingerprint density at radius 2 is 0.0417 bits per heavy atom. The molecule has 0 aromatic heterocycles. The molecule has 0 atom stereocenters. The summed E-state index contributed by atoms with van der Waals surface area (Å²) in [6.45, 7) is 0. The summed E-state index contributed by atoms with van der Waals surface area (Å²) in [7, 11) is 0. The van der Waals surface area contributed by atoms with Crippen LogP contribution in [0.5, 0.6) is 0 Å². The molecule has 0 aromatic carbocycles. The molecule has 0 rings (SSSR count). The van der Waals surface area contributed by atoms with E-state index in [1.165, 1.54) is 0 Å². The van der Waals surface area contributed by atoms with Gasteiger partial charge in [0.1, 0.15) is 0 Å². The maximum atomic E-state index is 0. The van der Waals surface area contributed by atoms with E-state index >= 15 is 0 Å². The van der Waals surface area contributed by atoms with Gasteiger partial charge in [0.25, 0.3) is 0 Å². The third-order valence-electron chi connectivity index (χ3n) is 0. The van der Waals surface area contributed by atoms with Gasteiger partial charge in [0.15, 0.2) is 0 Å². The standard InChI is InChI=1S/47H2O.Sb.3H/h47*1H2;;;;. The fraction of sp³-hybridized carbons (Fsp3) is 0. The van der Waals surface area contributed by atoms with Crippen molar-refractivity contribution >= 4 is 24.4 Å². The van der Waals surface area contributed by atoms with Crippen LogP contribution in [0.15, 0.2) is 0 Å². The Labute approximate surface area is 283 Å². The van der Waals surface area contributed by atoms with Crippen molar-refractivity contribution in [1.82, 2.24) is 0 Å². The Kier molecular flexibility index (Phi) is 151000000. The van der Waals surface area contributed by atoms with Crippen molar-refractivity contribution < 1.29 is 257 Å². The summed E-state index contributed by atoms with van der Waals surface area (Å²) < 4.78 is 0. The van der Waals surface area contributed by atoms with Crippen LogP contribution in [0.3, 0.4) is 0 Å². The first-order chi connectivity index (χ1) is 0. The van der Waals surface area contributed by atoms with Crippen LogP contribution in [0.2, 0.25) is 0 Å². The van der Waals surface area contributed by atoms with Gasteiger partial charge < -0.3 is 257 Å². The van der Waals surface area contributed by atoms with Crippen molar-refractivity contribution in [3.8, 4) is 0 Å². The monoisotopic (exact) mass is 970 g/mol. The van der Waals surface area contributed by atoms with Gasteiger partial charge in [0, 0.05) is 0 Å². The molecule has 0 aliphatic heterocycles. The first kappa shape index (κ1) is 87900. The van der Waals surface area contributed by atoms with Crippen molar-refractivity contribution in [2.24, 2.45) is 0 Å². The van der Waals surface area contributed by atoms with Crippen LogP contribution in [0.1, 0.15) is 0 Å². The zero-order valence-electron chi connectivity index (χ0n) is 24.2. The predicted octanol–water partition coefficient (Wildman–Crippen LogP) is -39.9. The minimum absolute atomic E-state index is 0. The van der Waals surface area contributed by atoms with Crippen LogP contribution in [0.25, 0.3) is 0 Å². The van der Waals surface area contributed by atoms with Crippen LogP contribution in [0.4, 0.5) is 0 Å². The van der Waals surface area contributed by atoms with Crippen molar-refractivity contribution in [3.63, 3.8) is 0 Å². The van der Waals surface area contributed by atoms with E-state index < -0.39 is 0 Å². The van der Waals surface area contributed by atoms with Crippen molar-refractivity contribution in [1.29, 1.82) is 0 Å². The molecule has 0 saturated heterocycles. The van der Waals surface area contributed by atoms with Gasteiger partial charge in [0.05, 0.1) is 0 Å². The van der Waals surface area contributed by atoms with Crippen molar-refractivity contribution in [3.05, 3.63) is 0 Å². The van der Waals surface area contributed by atoms with Gasteiger partial charge in [-0.1, -0.05) is 0 Å². The summed E-state index contributed by atoms with van der Waals surface area (Å²) in [4.78, 5) is 0. The molecule has 0 amide bonds. The quantitative estimate of drug-likeness (QED) is 0.204. The zero-order valence-corrected chi connectivity index (χ0v) is 28.2. The van der Waals surface area contributed by atoms with Gasteiger partial charge >= 0.3 is 24.4 Å². The van der Waals surface area contributed by atoms with Crippen LogP contribution in [-0.2, 0) is 0 Å². The van der Waals surface area contributed by atoms with Crippen molar-refractivity contribution in [2.75, 3.05) is 0 Å². The molecule has 0 radical (unpaired) electrons. The fourth-order valence-corrected chi connectivity index (χ4v) is 0. The number of hydrogen-bond acceptors (Lipinski definition) is 0. The molecule has 48 heteroatoms. The third kappa shape index (κ3) is 76900. The molecule has 94 N–H and O–H groups in total. The SMILES string of the molecule is O.O.O.O.O.O.O.O.O.O.O.O.O.O.O.O.O.O.O.O.O.O.O.O.O.O.O.O.O.O.O.O.O.O.O.O.O.O.O.O.O.O.O.O.O.O.O.[SbH3]. The Morgan fingerprint density at radius 1 is 0.0417 bits per heavy atom. The second kappa shape index (κ2) is 82300. The molecule has 0 heterocycles. The van der Waals surface area contributed by atoms with Gasteiger partial charge in [-0.15, -0.1) is 0 Å². The molecule has 0 fully saturated rings. The summed E-state index contributed by atoms with van der Waals surface area (Å²) in [5.74, 6) is 0. The average molecular weight is 971 g/mol. The Balaban J connectivity index is 0. The molecule has 0 saturated carbocycles. The van der Waals surface area contributed by atoms with Gasteiger partial charge in [-0.3, -0.25) is 0 Å². The van der Waals surface area contributed by atoms with E-state index in [0.29, 0.717) is 0 Å². The molecular weight excluding hydrogens is 874 g/mol. The summed E-state index contributed by atoms with van der Waals surface area (Å²) in [5.41, 5.74) is 0. The molecule has 47 nitrogen and oxygen atoms in total. The normalized spacial score (nSPS) is 0. The van der Waals surface area contributed by atoms with Crippen molar-refractivity contribution in [2.45, 2.75) is 0 Å². The van der Waals surface area contributed by atoms with E-state index in [1.807, 2.05) is 0 Å². The molecule has 0 aromatic rings. The first-order valence-electron chi connectivity index (χ1n) is 0. The fourth-order valence-electron chi connectivity index (χ4n) is 0. The number of rotatable bonds is 0. The summed E-state index contributed by atoms with van der Waals surface area (Å²) in [6.07, 6.45) is 0. The molecule has 0 aliphatic rings. The van der Waals surface area contributed by atoms with Gasteiger partial charge in [-0.2, -0.15) is 0 Å². The summed E-state index contributed by atoms with van der Waals surface area (Å²) in [6, 6.07) is 0. The molecule has 48 heavy (non-hydrogen) atoms. The van der Waals surface area contributed by atoms with E-state index in [-0.39, 0.29) is 282 Å². The van der Waals surface area contributed by atoms with Gasteiger partial charge in [-0.05, 0) is 0 Å². The molecule has 0 unspecified atom stereocenters. The van der Waals surface area contributed by atoms with E-state index in [4.69, 9.17) is 0 Å². The predicted molar refractivity (Wildman–Crippen MR) is 180 cm³/mol. The van der Waals surface area contributed by atoms with E-state index in [0.717, 1.165) is 0 Å². The molecule has 0 spiro atoms.